The minimum absolute atomic E-state index is 0.274. The third kappa shape index (κ3) is 1.85. The molecule has 1 aromatic heterocycles. The van der Waals surface area contributed by atoms with Crippen molar-refractivity contribution >= 4 is 11.3 Å². The van der Waals surface area contributed by atoms with E-state index in [0.717, 1.165) is 11.3 Å². The Kier molecular flexibility index (Phi) is 2.89. The molecule has 1 atom stereocenters. The fraction of sp³-hybridized carbons (Fsp3) is 0.636. The lowest BCUT2D eigenvalue weighted by Gasteiger charge is -2.49. The quantitative estimate of drug-likeness (QED) is 0.855. The summed E-state index contributed by atoms with van der Waals surface area (Å²) >= 11 is 0.724. The van der Waals surface area contributed by atoms with E-state index in [4.69, 9.17) is 9.47 Å². The monoisotopic (exact) mass is 279 g/mol. The highest BCUT2D eigenvalue weighted by Gasteiger charge is 2.51. The zero-order valence-electron chi connectivity index (χ0n) is 9.42. The van der Waals surface area contributed by atoms with E-state index in [0.29, 0.717) is 26.4 Å². The summed E-state index contributed by atoms with van der Waals surface area (Å²) in [6, 6.07) is 1.09. The Bertz CT molecular complexity index is 442. The largest absolute Gasteiger partial charge is 0.425 e. The molecule has 3 nitrogen and oxygen atoms in total. The van der Waals surface area contributed by atoms with Crippen LogP contribution in [0.3, 0.4) is 0 Å². The van der Waals surface area contributed by atoms with Crippen LogP contribution in [0.2, 0.25) is 0 Å². The summed E-state index contributed by atoms with van der Waals surface area (Å²) in [5, 5.41) is 4.60. The Hall–Kier alpha value is -0.630. The SMILES string of the molecule is FC(F)(F)c1sccc1C1NCCOC12COC2. The van der Waals surface area contributed by atoms with Crippen LogP contribution in [0.15, 0.2) is 11.4 Å². The molecule has 1 aromatic rings. The number of hydrogen-bond acceptors (Lipinski definition) is 4. The predicted octanol–water partition coefficient (Wildman–Crippen LogP) is 2.20. The van der Waals surface area contributed by atoms with Crippen molar-refractivity contribution in [2.75, 3.05) is 26.4 Å². The fourth-order valence-corrected chi connectivity index (χ4v) is 3.26. The van der Waals surface area contributed by atoms with E-state index in [9.17, 15) is 13.2 Å². The molecule has 2 fully saturated rings. The molecule has 3 rings (SSSR count). The van der Waals surface area contributed by atoms with Gasteiger partial charge in [0.1, 0.15) is 10.5 Å². The van der Waals surface area contributed by atoms with Crippen molar-refractivity contribution in [3.63, 3.8) is 0 Å². The molecule has 3 heterocycles. The van der Waals surface area contributed by atoms with Gasteiger partial charge in [-0.15, -0.1) is 11.3 Å². The molecule has 0 aromatic carbocycles. The first-order valence-corrected chi connectivity index (χ1v) is 6.51. The van der Waals surface area contributed by atoms with Crippen molar-refractivity contribution in [2.45, 2.75) is 17.8 Å². The molecule has 1 unspecified atom stereocenters. The van der Waals surface area contributed by atoms with Gasteiger partial charge in [-0.3, -0.25) is 0 Å². The lowest BCUT2D eigenvalue weighted by Crippen LogP contribution is -2.63. The van der Waals surface area contributed by atoms with E-state index in [1.54, 1.807) is 0 Å². The van der Waals surface area contributed by atoms with Crippen LogP contribution in [0.1, 0.15) is 16.5 Å². The molecule has 0 aliphatic carbocycles. The zero-order valence-corrected chi connectivity index (χ0v) is 10.2. The van der Waals surface area contributed by atoms with Gasteiger partial charge >= 0.3 is 6.18 Å². The van der Waals surface area contributed by atoms with Crippen LogP contribution < -0.4 is 5.32 Å². The van der Waals surface area contributed by atoms with E-state index in [1.165, 1.54) is 11.4 Å². The summed E-state index contributed by atoms with van der Waals surface area (Å²) < 4.78 is 49.5. The Balaban J connectivity index is 1.96. The number of thiophene rings is 1. The van der Waals surface area contributed by atoms with Crippen LogP contribution in [-0.2, 0) is 15.7 Å². The van der Waals surface area contributed by atoms with Gasteiger partial charge in [0.2, 0.25) is 0 Å². The molecule has 7 heteroatoms. The summed E-state index contributed by atoms with van der Waals surface area (Å²) in [6.07, 6.45) is -4.31. The molecular weight excluding hydrogens is 267 g/mol. The molecule has 2 aliphatic rings. The average molecular weight is 279 g/mol. The number of alkyl halides is 3. The number of rotatable bonds is 1. The predicted molar refractivity (Wildman–Crippen MR) is 59.6 cm³/mol. The van der Waals surface area contributed by atoms with Crippen molar-refractivity contribution in [3.05, 3.63) is 21.9 Å². The summed E-state index contributed by atoms with van der Waals surface area (Å²) in [5.74, 6) is 0. The maximum Gasteiger partial charge on any atom is 0.425 e. The molecule has 0 saturated carbocycles. The van der Waals surface area contributed by atoms with Gasteiger partial charge in [0.25, 0.3) is 0 Å². The third-order valence-corrected chi connectivity index (χ3v) is 4.30. The highest BCUT2D eigenvalue weighted by atomic mass is 32.1. The first kappa shape index (κ1) is 12.4. The molecule has 0 amide bonds. The molecule has 100 valence electrons. The van der Waals surface area contributed by atoms with E-state index in [-0.39, 0.29) is 5.56 Å². The van der Waals surface area contributed by atoms with E-state index < -0.39 is 22.7 Å². The van der Waals surface area contributed by atoms with Gasteiger partial charge in [-0.1, -0.05) is 0 Å². The normalized spacial score (nSPS) is 27.2. The standard InChI is InChI=1S/C11H12F3NO2S/c12-11(13,14)9-7(1-4-18-9)8-10(5-16-6-10)17-3-2-15-8/h1,4,8,15H,2-3,5-6H2. The smallest absolute Gasteiger partial charge is 0.375 e. The van der Waals surface area contributed by atoms with Crippen LogP contribution in [0.25, 0.3) is 0 Å². The van der Waals surface area contributed by atoms with Crippen LogP contribution in [0, 0.1) is 0 Å². The second kappa shape index (κ2) is 4.19. The van der Waals surface area contributed by atoms with E-state index in [2.05, 4.69) is 5.32 Å². The molecule has 18 heavy (non-hydrogen) atoms. The van der Waals surface area contributed by atoms with Crippen molar-refractivity contribution in [3.8, 4) is 0 Å². The number of ether oxygens (including phenoxy) is 2. The highest BCUT2D eigenvalue weighted by Crippen LogP contribution is 2.44. The number of hydrogen-bond donors (Lipinski definition) is 1. The van der Waals surface area contributed by atoms with Crippen molar-refractivity contribution in [2.24, 2.45) is 0 Å². The highest BCUT2D eigenvalue weighted by molar-refractivity contribution is 7.10. The van der Waals surface area contributed by atoms with Gasteiger partial charge in [-0.05, 0) is 17.0 Å². The van der Waals surface area contributed by atoms with Gasteiger partial charge in [0, 0.05) is 6.54 Å². The van der Waals surface area contributed by atoms with Crippen LogP contribution in [0.4, 0.5) is 13.2 Å². The molecule has 2 saturated heterocycles. The van der Waals surface area contributed by atoms with Crippen molar-refractivity contribution < 1.29 is 22.6 Å². The molecule has 1 spiro atoms. The first-order chi connectivity index (χ1) is 8.53. The second-order valence-corrected chi connectivity index (χ2v) is 5.41. The van der Waals surface area contributed by atoms with Crippen LogP contribution >= 0.6 is 11.3 Å². The average Bonchev–Trinajstić information content (AvgIpc) is 2.75. The lowest BCUT2D eigenvalue weighted by molar-refractivity contribution is -0.239. The van der Waals surface area contributed by atoms with Gasteiger partial charge in [-0.2, -0.15) is 13.2 Å². The summed E-state index contributed by atoms with van der Waals surface area (Å²) in [7, 11) is 0. The van der Waals surface area contributed by atoms with Crippen molar-refractivity contribution in [1.29, 1.82) is 0 Å². The van der Waals surface area contributed by atoms with Crippen LogP contribution in [-0.4, -0.2) is 32.0 Å². The Morgan fingerprint density at radius 3 is 2.78 bits per heavy atom. The number of halogens is 3. The maximum absolute atomic E-state index is 12.9. The lowest BCUT2D eigenvalue weighted by atomic mass is 9.85. The molecular formula is C11H12F3NO2S. The number of nitrogens with one attached hydrogen (secondary N) is 1. The van der Waals surface area contributed by atoms with E-state index >= 15 is 0 Å². The van der Waals surface area contributed by atoms with Gasteiger partial charge < -0.3 is 14.8 Å². The number of morpholine rings is 1. The summed E-state index contributed by atoms with van der Waals surface area (Å²) in [4.78, 5) is -0.545. The maximum atomic E-state index is 12.9. The zero-order chi connectivity index (χ0) is 12.8. The molecule has 1 N–H and O–H groups in total. The second-order valence-electron chi connectivity index (χ2n) is 4.50. The van der Waals surface area contributed by atoms with Crippen molar-refractivity contribution in [1.82, 2.24) is 5.32 Å². The van der Waals surface area contributed by atoms with E-state index in [1.807, 2.05) is 0 Å². The summed E-state index contributed by atoms with van der Waals surface area (Å²) in [6.45, 7) is 1.75. The third-order valence-electron chi connectivity index (χ3n) is 3.32. The molecule has 0 bridgehead atoms. The van der Waals surface area contributed by atoms with Gasteiger partial charge in [0.15, 0.2) is 0 Å². The molecule has 2 aliphatic heterocycles. The Morgan fingerprint density at radius 2 is 2.17 bits per heavy atom. The minimum atomic E-state index is -4.31. The fourth-order valence-electron chi connectivity index (χ4n) is 2.45. The topological polar surface area (TPSA) is 30.5 Å². The van der Waals surface area contributed by atoms with Gasteiger partial charge in [0.05, 0.1) is 25.9 Å². The Morgan fingerprint density at radius 1 is 1.39 bits per heavy atom. The van der Waals surface area contributed by atoms with Crippen LogP contribution in [0.5, 0.6) is 0 Å². The molecule has 0 radical (unpaired) electrons. The minimum Gasteiger partial charge on any atom is -0.375 e. The summed E-state index contributed by atoms with van der Waals surface area (Å²) in [5.41, 5.74) is -0.352. The Labute approximate surface area is 106 Å². The first-order valence-electron chi connectivity index (χ1n) is 5.63. The van der Waals surface area contributed by atoms with Gasteiger partial charge in [-0.25, -0.2) is 0 Å².